The minimum Gasteiger partial charge on any atom is -0.375 e. The number of pyridine rings is 2. The molecule has 1 aromatic carbocycles. The molecule has 1 amide bonds. The van der Waals surface area contributed by atoms with Crippen LogP contribution in [0.15, 0.2) is 59.2 Å². The molecule has 0 unspecified atom stereocenters. The third-order valence-corrected chi connectivity index (χ3v) is 7.02. The van der Waals surface area contributed by atoms with Crippen LogP contribution in [-0.4, -0.2) is 47.8 Å². The van der Waals surface area contributed by atoms with Crippen LogP contribution in [-0.2, 0) is 17.9 Å². The van der Waals surface area contributed by atoms with Crippen molar-refractivity contribution >= 4 is 28.3 Å². The van der Waals surface area contributed by atoms with Crippen LogP contribution in [0, 0.1) is 11.3 Å². The summed E-state index contributed by atoms with van der Waals surface area (Å²) in [6.07, 6.45) is 6.06. The normalized spacial score (nSPS) is 18.1. The van der Waals surface area contributed by atoms with E-state index in [2.05, 4.69) is 32.3 Å². The number of rotatable bonds is 4. The van der Waals surface area contributed by atoms with E-state index in [1.165, 1.54) is 11.3 Å². The number of aromatic nitrogens is 2. The van der Waals surface area contributed by atoms with E-state index in [4.69, 9.17) is 9.72 Å². The van der Waals surface area contributed by atoms with Crippen LogP contribution in [0.4, 0.5) is 5.82 Å². The fourth-order valence-electron chi connectivity index (χ4n) is 5.04. The Hall–Kier alpha value is -4.09. The van der Waals surface area contributed by atoms with Gasteiger partial charge >= 0.3 is 0 Å². The van der Waals surface area contributed by atoms with Crippen molar-refractivity contribution in [2.75, 3.05) is 31.1 Å². The Morgan fingerprint density at radius 3 is 3.00 bits per heavy atom. The quantitative estimate of drug-likeness (QED) is 0.548. The Morgan fingerprint density at radius 1 is 1.24 bits per heavy atom. The highest BCUT2D eigenvalue weighted by atomic mass is 16.5. The van der Waals surface area contributed by atoms with Gasteiger partial charge in [0.25, 0.3) is 5.91 Å². The van der Waals surface area contributed by atoms with Crippen molar-refractivity contribution in [3.63, 3.8) is 0 Å². The lowest BCUT2D eigenvalue weighted by atomic mass is 9.92. The molecule has 0 saturated carbocycles. The van der Waals surface area contributed by atoms with Gasteiger partial charge in [0.15, 0.2) is 0 Å². The maximum absolute atomic E-state index is 12.8. The fourth-order valence-corrected chi connectivity index (χ4v) is 5.04. The number of hydrogen-bond donors (Lipinski definition) is 1. The van der Waals surface area contributed by atoms with Crippen molar-refractivity contribution < 1.29 is 9.53 Å². The number of carbonyl (C=O) groups excluding carboxylic acids is 1. The van der Waals surface area contributed by atoms with Crippen LogP contribution in [0.25, 0.3) is 10.9 Å². The van der Waals surface area contributed by atoms with Gasteiger partial charge in [0, 0.05) is 48.9 Å². The molecule has 8 heteroatoms. The standard InChI is InChI=1S/C28H26N6O2.C2H6/c29-12-22-17-36-16-21-4-3-18(10-24(21)22)28(35)32-14-23-11-26-19(13-31-23)5-6-27(33-26)34-9-7-25-20(15-34)2-1-8-30-25;1-2/h2-6,10-11,13,22H,1,7-9,14-17H2,(H,32,35);1-2H3/t22-;/m1./s1. The van der Waals surface area contributed by atoms with Crippen LogP contribution >= 0.6 is 0 Å². The lowest BCUT2D eigenvalue weighted by Gasteiger charge is -2.32. The first kappa shape index (κ1) is 25.6. The number of hydrogen-bond acceptors (Lipinski definition) is 7. The second kappa shape index (κ2) is 11.5. The lowest BCUT2D eigenvalue weighted by molar-refractivity contribution is 0.0945. The fraction of sp³-hybridized carbons (Fsp3) is 0.367. The molecule has 1 N–H and O–H groups in total. The molecule has 6 rings (SSSR count). The van der Waals surface area contributed by atoms with Crippen LogP contribution in [0.3, 0.4) is 0 Å². The first-order chi connectivity index (χ1) is 18.7. The van der Waals surface area contributed by atoms with E-state index >= 15 is 0 Å². The predicted octanol–water partition coefficient (Wildman–Crippen LogP) is 4.70. The largest absolute Gasteiger partial charge is 0.375 e. The van der Waals surface area contributed by atoms with Gasteiger partial charge in [-0.3, -0.25) is 14.8 Å². The Balaban J connectivity index is 0.00000144. The summed E-state index contributed by atoms with van der Waals surface area (Å²) in [6, 6.07) is 13.7. The second-order valence-electron chi connectivity index (χ2n) is 9.35. The van der Waals surface area contributed by atoms with Gasteiger partial charge in [0.05, 0.1) is 43.0 Å². The average molecular weight is 509 g/mol. The Morgan fingerprint density at radius 2 is 2.13 bits per heavy atom. The van der Waals surface area contributed by atoms with Crippen molar-refractivity contribution in [2.24, 2.45) is 4.99 Å². The molecule has 5 heterocycles. The highest BCUT2D eigenvalue weighted by Crippen LogP contribution is 2.27. The Bertz CT molecular complexity index is 1450. The molecule has 0 radical (unpaired) electrons. The summed E-state index contributed by atoms with van der Waals surface area (Å²) in [6.45, 7) is 7.76. The number of benzene rings is 1. The van der Waals surface area contributed by atoms with Gasteiger partial charge in [0.2, 0.25) is 0 Å². The number of ether oxygens (including phenoxy) is 1. The number of piperidine rings is 1. The summed E-state index contributed by atoms with van der Waals surface area (Å²) in [5.41, 5.74) is 6.53. The minimum atomic E-state index is -0.350. The monoisotopic (exact) mass is 508 g/mol. The molecule has 1 atom stereocenters. The van der Waals surface area contributed by atoms with Crippen LogP contribution in [0.2, 0.25) is 0 Å². The van der Waals surface area contributed by atoms with Crippen LogP contribution in [0.5, 0.6) is 0 Å². The molecule has 3 aromatic rings. The number of nitrogens with zero attached hydrogens (tertiary/aromatic N) is 5. The molecule has 3 aliphatic heterocycles. The molecular weight excluding hydrogens is 476 g/mol. The predicted molar refractivity (Wildman–Crippen MR) is 148 cm³/mol. The molecule has 0 spiro atoms. The van der Waals surface area contributed by atoms with Gasteiger partial charge in [0.1, 0.15) is 5.82 Å². The van der Waals surface area contributed by atoms with Crippen molar-refractivity contribution in [1.29, 1.82) is 5.26 Å². The first-order valence-electron chi connectivity index (χ1n) is 13.3. The van der Waals surface area contributed by atoms with Gasteiger partial charge in [-0.1, -0.05) is 26.0 Å². The molecule has 1 fully saturated rings. The lowest BCUT2D eigenvalue weighted by Crippen LogP contribution is -2.37. The molecule has 38 heavy (non-hydrogen) atoms. The number of nitrogens with one attached hydrogen (secondary N) is 1. The topological polar surface area (TPSA) is 103 Å². The molecular formula is C30H32N6O2. The number of amides is 1. The SMILES string of the molecule is CC.N#C[C@@H]1COCc2ccc(C(=O)NCc3cc4nc(N5CCC6=NCCC=C6C5)ccc4cn3)cc21. The van der Waals surface area contributed by atoms with E-state index in [-0.39, 0.29) is 11.8 Å². The second-order valence-corrected chi connectivity index (χ2v) is 9.35. The third kappa shape index (κ3) is 5.29. The Kier molecular flexibility index (Phi) is 7.75. The van der Waals surface area contributed by atoms with Crippen molar-refractivity contribution in [2.45, 2.75) is 45.8 Å². The van der Waals surface area contributed by atoms with E-state index in [1.807, 2.05) is 38.1 Å². The molecule has 2 aromatic heterocycles. The molecule has 0 bridgehead atoms. The van der Waals surface area contributed by atoms with E-state index in [0.717, 1.165) is 66.0 Å². The summed E-state index contributed by atoms with van der Waals surface area (Å²) in [5, 5.41) is 13.3. The summed E-state index contributed by atoms with van der Waals surface area (Å²) in [7, 11) is 0. The van der Waals surface area contributed by atoms with Gasteiger partial charge in [-0.25, -0.2) is 4.98 Å². The van der Waals surface area contributed by atoms with Crippen molar-refractivity contribution in [3.05, 3.63) is 76.6 Å². The van der Waals surface area contributed by atoms with Gasteiger partial charge in [-0.2, -0.15) is 5.26 Å². The molecule has 1 saturated heterocycles. The minimum absolute atomic E-state index is 0.198. The summed E-state index contributed by atoms with van der Waals surface area (Å²) in [4.78, 5) is 29.2. The zero-order valence-corrected chi connectivity index (χ0v) is 21.9. The zero-order valence-electron chi connectivity index (χ0n) is 21.9. The average Bonchev–Trinajstić information content (AvgIpc) is 2.99. The zero-order chi connectivity index (χ0) is 26.5. The smallest absolute Gasteiger partial charge is 0.251 e. The summed E-state index contributed by atoms with van der Waals surface area (Å²) in [5.74, 6) is 0.396. The van der Waals surface area contributed by atoms with Crippen molar-refractivity contribution in [1.82, 2.24) is 15.3 Å². The Labute approximate surface area is 223 Å². The summed E-state index contributed by atoms with van der Waals surface area (Å²) >= 11 is 0. The maximum atomic E-state index is 12.8. The number of carbonyl (C=O) groups is 1. The van der Waals surface area contributed by atoms with E-state index in [9.17, 15) is 10.1 Å². The van der Waals surface area contributed by atoms with Gasteiger partial charge in [-0.05, 0) is 53.5 Å². The number of nitriles is 1. The first-order valence-corrected chi connectivity index (χ1v) is 13.3. The van der Waals surface area contributed by atoms with E-state index in [1.54, 1.807) is 18.3 Å². The van der Waals surface area contributed by atoms with Crippen LogP contribution in [0.1, 0.15) is 59.8 Å². The highest BCUT2D eigenvalue weighted by Gasteiger charge is 2.23. The molecule has 0 aliphatic carbocycles. The molecule has 194 valence electrons. The number of anilines is 1. The number of aliphatic imine (C=N–C) groups is 1. The van der Waals surface area contributed by atoms with Gasteiger partial charge < -0.3 is 15.0 Å². The van der Waals surface area contributed by atoms with Crippen LogP contribution < -0.4 is 10.2 Å². The van der Waals surface area contributed by atoms with E-state index < -0.39 is 0 Å². The van der Waals surface area contributed by atoms with E-state index in [0.29, 0.717) is 25.3 Å². The molecule has 3 aliphatic rings. The third-order valence-electron chi connectivity index (χ3n) is 7.02. The molecule has 8 nitrogen and oxygen atoms in total. The number of fused-ring (bicyclic) bond motifs is 3. The number of dihydropyridines is 1. The highest BCUT2D eigenvalue weighted by molar-refractivity contribution is 6.03. The summed E-state index contributed by atoms with van der Waals surface area (Å²) < 4.78 is 5.46. The maximum Gasteiger partial charge on any atom is 0.251 e. The van der Waals surface area contributed by atoms with Gasteiger partial charge in [-0.15, -0.1) is 0 Å². The van der Waals surface area contributed by atoms with Crippen molar-refractivity contribution in [3.8, 4) is 6.07 Å².